The van der Waals surface area contributed by atoms with Crippen LogP contribution in [0.5, 0.6) is 0 Å². The zero-order chi connectivity index (χ0) is 8.32. The lowest BCUT2D eigenvalue weighted by Crippen LogP contribution is -3.00. The highest BCUT2D eigenvalue weighted by molar-refractivity contribution is 6.49. The third kappa shape index (κ3) is 4.06. The third-order valence-electron chi connectivity index (χ3n) is 1.28. The van der Waals surface area contributed by atoms with Crippen LogP contribution in [-0.4, -0.2) is 0 Å². The summed E-state index contributed by atoms with van der Waals surface area (Å²) in [5.74, 6) is 0. The Balaban J connectivity index is 0. The van der Waals surface area contributed by atoms with Crippen molar-refractivity contribution >= 4 is 35.6 Å². The molecule has 1 nitrogen and oxygen atoms in total. The van der Waals surface area contributed by atoms with Crippen LogP contribution in [0.1, 0.15) is 5.56 Å². The highest BCUT2D eigenvalue weighted by Gasteiger charge is 2.36. The van der Waals surface area contributed by atoms with Gasteiger partial charge >= 0.3 is 4.46 Å². The van der Waals surface area contributed by atoms with Gasteiger partial charge in [-0.1, -0.05) is 18.2 Å². The van der Waals surface area contributed by atoms with Crippen molar-refractivity contribution in [1.29, 1.82) is 0 Å². The van der Waals surface area contributed by atoms with Gasteiger partial charge in [-0.2, -0.15) is 0 Å². The van der Waals surface area contributed by atoms with Gasteiger partial charge in [-0.3, -0.25) is 0 Å². The minimum atomic E-state index is -1.32. The lowest BCUT2D eigenvalue weighted by molar-refractivity contribution is -0.00000221. The fraction of sp³-hybridized carbons (Fsp3) is 0.125. The summed E-state index contributed by atoms with van der Waals surface area (Å²) < 4.78 is -1.32. The Morgan fingerprint density at radius 2 is 1.62 bits per heavy atom. The van der Waals surface area contributed by atoms with Crippen LogP contribution in [0.15, 0.2) is 30.3 Å². The van der Waals surface area contributed by atoms with Crippen molar-refractivity contribution < 1.29 is 12.4 Å². The Morgan fingerprint density at radius 1 is 1.15 bits per heavy atom. The molecule has 0 aliphatic rings. The fourth-order valence-corrected chi connectivity index (χ4v) is 0.965. The van der Waals surface area contributed by atoms with Crippen LogP contribution < -0.4 is 12.4 Å². The summed E-state index contributed by atoms with van der Waals surface area (Å²) in [6.45, 7) is 5.00. The van der Waals surface area contributed by atoms with Gasteiger partial charge in [0, 0.05) is 0 Å². The number of benzene rings is 1. The molecule has 0 amide bonds. The molecule has 0 bridgehead atoms. The first kappa shape index (κ1) is 15.3. The smallest absolute Gasteiger partial charge is 0.455 e. The molecule has 0 saturated carbocycles. The van der Waals surface area contributed by atoms with Crippen LogP contribution in [0, 0.1) is 6.57 Å². The molecular weight excluding hydrogens is 252 g/mol. The van der Waals surface area contributed by atoms with E-state index in [1.54, 1.807) is 12.1 Å². The van der Waals surface area contributed by atoms with Crippen molar-refractivity contribution in [2.45, 2.75) is 4.46 Å². The standard InChI is InChI=1S/C8H6Cl2N.2ClH/c1-11-8(9,10)7-5-3-2-4-6-7;;/h1-6H;2*1H/q+1;;/p-1. The van der Waals surface area contributed by atoms with Crippen LogP contribution in [-0.2, 0) is 4.46 Å². The number of alkyl halides is 2. The third-order valence-corrected chi connectivity index (χ3v) is 1.91. The van der Waals surface area contributed by atoms with E-state index in [1.807, 2.05) is 18.2 Å². The lowest BCUT2D eigenvalue weighted by Gasteiger charge is -1.99. The number of halogens is 4. The minimum absolute atomic E-state index is 0. The van der Waals surface area contributed by atoms with Gasteiger partial charge < -0.3 is 12.4 Å². The second-order valence-electron chi connectivity index (χ2n) is 2.04. The predicted octanol–water partition coefficient (Wildman–Crippen LogP) is 0.663. The fourth-order valence-electron chi connectivity index (χ4n) is 0.713. The number of rotatable bonds is 1. The summed E-state index contributed by atoms with van der Waals surface area (Å²) in [5.41, 5.74) is 0.672. The molecule has 0 aliphatic heterocycles. The zero-order valence-corrected chi connectivity index (χ0v) is 9.54. The molecular formula is C8H7Cl4N. The number of nitrogens with zero attached hydrogens (tertiary/aromatic N) is 1. The Labute approximate surface area is 99.7 Å². The van der Waals surface area contributed by atoms with Crippen LogP contribution in [0.2, 0.25) is 0 Å². The Kier molecular flexibility index (Phi) is 7.49. The first-order valence-electron chi connectivity index (χ1n) is 3.02. The first-order chi connectivity index (χ1) is 5.17. The Bertz CT molecular complexity index is 278. The summed E-state index contributed by atoms with van der Waals surface area (Å²) in [5, 5.41) is 0. The molecule has 0 radical (unpaired) electrons. The summed E-state index contributed by atoms with van der Waals surface area (Å²) >= 11 is 11.4. The second kappa shape index (κ2) is 6.34. The van der Waals surface area contributed by atoms with E-state index in [0.29, 0.717) is 5.56 Å². The predicted molar refractivity (Wildman–Crippen MR) is 55.4 cm³/mol. The van der Waals surface area contributed by atoms with Crippen molar-refractivity contribution in [2.24, 2.45) is 0 Å². The normalized spacial score (nSPS) is 9.00. The zero-order valence-electron chi connectivity index (χ0n) is 6.45. The Hall–Kier alpha value is -0.130. The van der Waals surface area contributed by atoms with Crippen LogP contribution in [0.3, 0.4) is 0 Å². The molecule has 1 rings (SSSR count). The van der Waals surface area contributed by atoms with Crippen molar-refractivity contribution in [3.05, 3.63) is 40.7 Å². The highest BCUT2D eigenvalue weighted by atomic mass is 35.5. The average molecular weight is 259 g/mol. The van der Waals surface area contributed by atoms with Gasteiger partial charge in [-0.15, -0.1) is 12.4 Å². The maximum Gasteiger partial charge on any atom is 0.455 e. The van der Waals surface area contributed by atoms with Gasteiger partial charge in [-0.05, 0) is 40.2 Å². The van der Waals surface area contributed by atoms with E-state index < -0.39 is 4.46 Å². The monoisotopic (exact) mass is 257 g/mol. The molecule has 72 valence electrons. The van der Waals surface area contributed by atoms with E-state index in [-0.39, 0.29) is 24.8 Å². The largest absolute Gasteiger partial charge is 1.00 e. The molecule has 0 unspecified atom stereocenters. The minimum Gasteiger partial charge on any atom is -1.00 e. The maximum atomic E-state index is 5.72. The topological polar surface area (TPSA) is 4.36 Å². The molecule has 5 heteroatoms. The van der Waals surface area contributed by atoms with Crippen molar-refractivity contribution in [3.63, 3.8) is 0 Å². The van der Waals surface area contributed by atoms with Gasteiger partial charge in [-0.25, -0.2) is 0 Å². The number of hydrogen-bond acceptors (Lipinski definition) is 0. The molecule has 0 heterocycles. The van der Waals surface area contributed by atoms with Gasteiger partial charge in [0.2, 0.25) is 0 Å². The second-order valence-corrected chi connectivity index (χ2v) is 3.32. The lowest BCUT2D eigenvalue weighted by atomic mass is 10.2. The van der Waals surface area contributed by atoms with Gasteiger partial charge in [0.15, 0.2) is 0 Å². The molecule has 0 atom stereocenters. The van der Waals surface area contributed by atoms with E-state index in [1.165, 1.54) is 0 Å². The van der Waals surface area contributed by atoms with E-state index in [2.05, 4.69) is 4.85 Å². The van der Waals surface area contributed by atoms with E-state index in [9.17, 15) is 0 Å². The highest BCUT2D eigenvalue weighted by Crippen LogP contribution is 2.34. The van der Waals surface area contributed by atoms with Gasteiger partial charge in [0.1, 0.15) is 0 Å². The van der Waals surface area contributed by atoms with E-state index in [0.717, 1.165) is 0 Å². The molecule has 0 aliphatic carbocycles. The summed E-state index contributed by atoms with van der Waals surface area (Å²) in [7, 11) is 0. The van der Waals surface area contributed by atoms with Crippen molar-refractivity contribution in [2.75, 3.05) is 0 Å². The molecule has 13 heavy (non-hydrogen) atoms. The quantitative estimate of drug-likeness (QED) is 0.515. The van der Waals surface area contributed by atoms with Crippen LogP contribution >= 0.6 is 35.6 Å². The van der Waals surface area contributed by atoms with E-state index >= 15 is 0 Å². The molecule has 0 fully saturated rings. The molecule has 0 spiro atoms. The van der Waals surface area contributed by atoms with Gasteiger partial charge in [0.25, 0.3) is 6.57 Å². The average Bonchev–Trinajstić information content (AvgIpc) is 2.06. The molecule has 1 aromatic rings. The summed E-state index contributed by atoms with van der Waals surface area (Å²) in [4.78, 5) is 3.32. The van der Waals surface area contributed by atoms with E-state index in [4.69, 9.17) is 29.8 Å². The molecule has 0 N–H and O–H groups in total. The van der Waals surface area contributed by atoms with Gasteiger partial charge in [0.05, 0.1) is 5.56 Å². The molecule has 1 aromatic carbocycles. The molecule has 0 aromatic heterocycles. The Morgan fingerprint density at radius 3 is 2.00 bits per heavy atom. The van der Waals surface area contributed by atoms with Crippen LogP contribution in [0.25, 0.3) is 4.85 Å². The summed E-state index contributed by atoms with van der Waals surface area (Å²) in [6.07, 6.45) is 0. The molecule has 0 saturated heterocycles. The van der Waals surface area contributed by atoms with Crippen LogP contribution in [0.4, 0.5) is 0 Å². The maximum absolute atomic E-state index is 5.72. The SMILES string of the molecule is C#[N+]C(Cl)(Cl)c1ccccc1.Cl.[Cl-]. The van der Waals surface area contributed by atoms with Crippen molar-refractivity contribution in [3.8, 4) is 6.57 Å². The van der Waals surface area contributed by atoms with Crippen molar-refractivity contribution in [1.82, 2.24) is 0 Å². The number of hydrogen-bond donors (Lipinski definition) is 0. The first-order valence-corrected chi connectivity index (χ1v) is 3.78. The summed E-state index contributed by atoms with van der Waals surface area (Å²) in [6, 6.07) is 9.02.